The van der Waals surface area contributed by atoms with E-state index in [4.69, 9.17) is 0 Å². The molecule has 40 heavy (non-hydrogen) atoms. The van der Waals surface area contributed by atoms with Crippen LogP contribution in [0.2, 0.25) is 0 Å². The first-order valence-electron chi connectivity index (χ1n) is 13.5. The average Bonchev–Trinajstić information content (AvgIpc) is 2.94. The standard InChI is InChI=1S/C31H38FN3O4S/c1-5-7-19-33-31(37)29(6-2)34(21-25-14-16-26(32)17-15-25)30(36)22-35(27-18-13-23(3)24(4)20-27)40(38,39)28-11-9-8-10-12-28/h8-18,20,29H,5-7,19,21-22H2,1-4H3,(H,33,37). The summed E-state index contributed by atoms with van der Waals surface area (Å²) in [7, 11) is -4.13. The Labute approximate surface area is 237 Å². The van der Waals surface area contributed by atoms with Gasteiger partial charge in [-0.25, -0.2) is 12.8 Å². The van der Waals surface area contributed by atoms with Gasteiger partial charge in [0.15, 0.2) is 0 Å². The van der Waals surface area contributed by atoms with E-state index in [0.717, 1.165) is 28.3 Å². The molecule has 0 aliphatic heterocycles. The molecule has 0 heterocycles. The van der Waals surface area contributed by atoms with Crippen LogP contribution in [0.15, 0.2) is 77.7 Å². The number of sulfonamides is 1. The first kappa shape index (κ1) is 30.8. The normalized spacial score (nSPS) is 12.0. The van der Waals surface area contributed by atoms with Crippen LogP contribution in [0, 0.1) is 19.7 Å². The van der Waals surface area contributed by atoms with Gasteiger partial charge in [-0.05, 0) is 79.8 Å². The molecular weight excluding hydrogens is 529 g/mol. The van der Waals surface area contributed by atoms with Gasteiger partial charge in [0.1, 0.15) is 18.4 Å². The lowest BCUT2D eigenvalue weighted by Gasteiger charge is -2.33. The summed E-state index contributed by atoms with van der Waals surface area (Å²) in [6.45, 7) is 7.60. The van der Waals surface area contributed by atoms with Gasteiger partial charge in [-0.3, -0.25) is 13.9 Å². The van der Waals surface area contributed by atoms with Crippen molar-refractivity contribution in [2.75, 3.05) is 17.4 Å². The van der Waals surface area contributed by atoms with Gasteiger partial charge in [0.2, 0.25) is 11.8 Å². The van der Waals surface area contributed by atoms with Crippen molar-refractivity contribution in [1.82, 2.24) is 10.2 Å². The maximum absolute atomic E-state index is 14.0. The molecule has 0 aromatic heterocycles. The third-order valence-electron chi connectivity index (χ3n) is 6.87. The van der Waals surface area contributed by atoms with Crippen LogP contribution in [0.1, 0.15) is 49.8 Å². The molecule has 2 amide bonds. The van der Waals surface area contributed by atoms with Crippen molar-refractivity contribution in [3.63, 3.8) is 0 Å². The number of carbonyl (C=O) groups excluding carboxylic acids is 2. The molecule has 0 radical (unpaired) electrons. The fourth-order valence-electron chi connectivity index (χ4n) is 4.34. The Bertz CT molecular complexity index is 1400. The maximum atomic E-state index is 14.0. The van der Waals surface area contributed by atoms with Crippen molar-refractivity contribution >= 4 is 27.5 Å². The molecule has 1 unspecified atom stereocenters. The van der Waals surface area contributed by atoms with Crippen LogP contribution in [0.3, 0.4) is 0 Å². The summed E-state index contributed by atoms with van der Waals surface area (Å²) < 4.78 is 42.4. The Balaban J connectivity index is 2.04. The third kappa shape index (κ3) is 7.69. The summed E-state index contributed by atoms with van der Waals surface area (Å²) in [4.78, 5) is 28.7. The van der Waals surface area contributed by atoms with Crippen molar-refractivity contribution in [1.29, 1.82) is 0 Å². The number of hydrogen-bond donors (Lipinski definition) is 1. The Kier molecular flexibility index (Phi) is 10.8. The summed E-state index contributed by atoms with van der Waals surface area (Å²) >= 11 is 0. The van der Waals surface area contributed by atoms with Crippen LogP contribution in [0.4, 0.5) is 10.1 Å². The molecule has 214 valence electrons. The molecule has 9 heteroatoms. The predicted octanol–water partition coefficient (Wildman–Crippen LogP) is 5.36. The average molecular weight is 568 g/mol. The lowest BCUT2D eigenvalue weighted by atomic mass is 10.1. The van der Waals surface area contributed by atoms with E-state index in [0.29, 0.717) is 24.2 Å². The van der Waals surface area contributed by atoms with E-state index in [1.165, 1.54) is 29.2 Å². The Hall–Kier alpha value is -3.72. The molecule has 3 aromatic rings. The van der Waals surface area contributed by atoms with Crippen molar-refractivity contribution in [3.8, 4) is 0 Å². The zero-order chi connectivity index (χ0) is 29.3. The van der Waals surface area contributed by atoms with Crippen LogP contribution >= 0.6 is 0 Å². The van der Waals surface area contributed by atoms with Crippen LogP contribution in [-0.4, -0.2) is 44.3 Å². The highest BCUT2D eigenvalue weighted by Crippen LogP contribution is 2.26. The number of carbonyl (C=O) groups is 2. The van der Waals surface area contributed by atoms with Gasteiger partial charge in [-0.15, -0.1) is 0 Å². The van der Waals surface area contributed by atoms with Gasteiger partial charge >= 0.3 is 0 Å². The van der Waals surface area contributed by atoms with E-state index in [-0.39, 0.29) is 17.3 Å². The smallest absolute Gasteiger partial charge is 0.264 e. The Morgan fingerprint density at radius 2 is 1.60 bits per heavy atom. The van der Waals surface area contributed by atoms with E-state index in [1.54, 1.807) is 49.4 Å². The van der Waals surface area contributed by atoms with Crippen LogP contribution in [0.25, 0.3) is 0 Å². The lowest BCUT2D eigenvalue weighted by Crippen LogP contribution is -2.52. The molecule has 3 aromatic carbocycles. The number of amides is 2. The summed E-state index contributed by atoms with van der Waals surface area (Å²) in [6.07, 6.45) is 2.02. The Morgan fingerprint density at radius 3 is 2.20 bits per heavy atom. The summed E-state index contributed by atoms with van der Waals surface area (Å²) in [5, 5.41) is 2.89. The Morgan fingerprint density at radius 1 is 0.925 bits per heavy atom. The van der Waals surface area contributed by atoms with E-state index in [9.17, 15) is 22.4 Å². The minimum Gasteiger partial charge on any atom is -0.354 e. The number of anilines is 1. The molecule has 0 aliphatic carbocycles. The zero-order valence-electron chi connectivity index (χ0n) is 23.6. The van der Waals surface area contributed by atoms with Crippen molar-refractivity contribution in [2.24, 2.45) is 0 Å². The van der Waals surface area contributed by atoms with E-state index in [2.05, 4.69) is 5.32 Å². The highest BCUT2D eigenvalue weighted by Gasteiger charge is 2.33. The second-order valence-electron chi connectivity index (χ2n) is 9.81. The maximum Gasteiger partial charge on any atom is 0.264 e. The minimum absolute atomic E-state index is 0.0188. The molecule has 7 nitrogen and oxygen atoms in total. The molecule has 0 bridgehead atoms. The van der Waals surface area contributed by atoms with Crippen molar-refractivity contribution < 1.29 is 22.4 Å². The fourth-order valence-corrected chi connectivity index (χ4v) is 5.77. The molecule has 0 spiro atoms. The number of unbranched alkanes of at least 4 members (excludes halogenated alkanes) is 1. The number of benzene rings is 3. The van der Waals surface area contributed by atoms with Crippen molar-refractivity contribution in [3.05, 3.63) is 95.3 Å². The zero-order valence-corrected chi connectivity index (χ0v) is 24.4. The number of nitrogens with zero attached hydrogens (tertiary/aromatic N) is 2. The number of rotatable bonds is 13. The highest BCUT2D eigenvalue weighted by molar-refractivity contribution is 7.92. The molecule has 0 saturated heterocycles. The molecule has 0 aliphatic rings. The minimum atomic E-state index is -4.13. The molecule has 0 fully saturated rings. The molecule has 1 N–H and O–H groups in total. The number of halogens is 1. The lowest BCUT2D eigenvalue weighted by molar-refractivity contribution is -0.140. The first-order valence-corrected chi connectivity index (χ1v) is 15.0. The third-order valence-corrected chi connectivity index (χ3v) is 8.66. The van der Waals surface area contributed by atoms with E-state index >= 15 is 0 Å². The van der Waals surface area contributed by atoms with Gasteiger partial charge in [0.05, 0.1) is 10.6 Å². The monoisotopic (exact) mass is 567 g/mol. The second-order valence-corrected chi connectivity index (χ2v) is 11.7. The molecular formula is C31H38FN3O4S. The van der Waals surface area contributed by atoms with E-state index in [1.807, 2.05) is 26.8 Å². The quantitative estimate of drug-likeness (QED) is 0.282. The van der Waals surface area contributed by atoms with E-state index < -0.39 is 34.3 Å². The molecule has 3 rings (SSSR count). The summed E-state index contributed by atoms with van der Waals surface area (Å²) in [5.74, 6) is -1.27. The summed E-state index contributed by atoms with van der Waals surface area (Å²) in [6, 6.07) is 18.0. The fraction of sp³-hybridized carbons (Fsp3) is 0.355. The molecule has 1 atom stereocenters. The molecule has 0 saturated carbocycles. The highest BCUT2D eigenvalue weighted by atomic mass is 32.2. The van der Waals surface area contributed by atoms with Crippen LogP contribution < -0.4 is 9.62 Å². The second kappa shape index (κ2) is 14.1. The van der Waals surface area contributed by atoms with Gasteiger partial charge in [-0.1, -0.05) is 56.7 Å². The summed E-state index contributed by atoms with van der Waals surface area (Å²) in [5.41, 5.74) is 2.84. The van der Waals surface area contributed by atoms with Gasteiger partial charge in [0.25, 0.3) is 10.0 Å². The van der Waals surface area contributed by atoms with Gasteiger partial charge < -0.3 is 10.2 Å². The van der Waals surface area contributed by atoms with Crippen molar-refractivity contribution in [2.45, 2.75) is 64.4 Å². The van der Waals surface area contributed by atoms with Gasteiger partial charge in [0, 0.05) is 13.1 Å². The number of hydrogen-bond acceptors (Lipinski definition) is 4. The number of nitrogens with one attached hydrogen (secondary N) is 1. The van der Waals surface area contributed by atoms with Gasteiger partial charge in [-0.2, -0.15) is 0 Å². The largest absolute Gasteiger partial charge is 0.354 e. The predicted molar refractivity (Wildman–Crippen MR) is 156 cm³/mol. The number of aryl methyl sites for hydroxylation is 2. The van der Waals surface area contributed by atoms with Crippen LogP contribution in [0.5, 0.6) is 0 Å². The SMILES string of the molecule is CCCCNC(=O)C(CC)N(Cc1ccc(F)cc1)C(=O)CN(c1ccc(C)c(C)c1)S(=O)(=O)c1ccccc1. The topological polar surface area (TPSA) is 86.8 Å². The van der Waals surface area contributed by atoms with Crippen LogP contribution in [-0.2, 0) is 26.2 Å². The first-order chi connectivity index (χ1) is 19.1.